The van der Waals surface area contributed by atoms with E-state index in [1.807, 2.05) is 13.1 Å². The number of quaternary nitrogens is 1. The summed E-state index contributed by atoms with van der Waals surface area (Å²) in [5.41, 5.74) is 0.896. The first-order valence-electron chi connectivity index (χ1n) is 6.14. The molecule has 5 nitrogen and oxygen atoms in total. The van der Waals surface area contributed by atoms with Crippen molar-refractivity contribution in [1.82, 2.24) is 10.6 Å². The van der Waals surface area contributed by atoms with Crippen molar-refractivity contribution >= 4 is 35.1 Å². The third kappa shape index (κ3) is 4.67. The Bertz CT molecular complexity index is 508. The largest absolute Gasteiger partial charge is 0.341 e. The van der Waals surface area contributed by atoms with Gasteiger partial charge in [0.25, 0.3) is 5.91 Å². The number of nitrogens with one attached hydrogen (secondary N) is 3. The van der Waals surface area contributed by atoms with E-state index in [1.165, 1.54) is 7.05 Å². The summed E-state index contributed by atoms with van der Waals surface area (Å²) >= 11 is 11.9. The van der Waals surface area contributed by atoms with E-state index in [1.54, 1.807) is 19.1 Å². The normalized spacial score (nSPS) is 13.4. The van der Waals surface area contributed by atoms with Crippen LogP contribution in [0.5, 0.6) is 0 Å². The van der Waals surface area contributed by atoms with Gasteiger partial charge in [0, 0.05) is 17.6 Å². The van der Waals surface area contributed by atoms with Crippen LogP contribution in [0.2, 0.25) is 10.0 Å². The summed E-state index contributed by atoms with van der Waals surface area (Å²) in [5.74, 6) is -0.341. The van der Waals surface area contributed by atoms with Crippen LogP contribution >= 0.6 is 23.2 Å². The van der Waals surface area contributed by atoms with E-state index in [-0.39, 0.29) is 11.9 Å². The number of hydrogen-bond donors (Lipinski definition) is 3. The average Bonchev–Trinajstić information content (AvgIpc) is 2.40. The minimum absolute atomic E-state index is 0.341. The first kappa shape index (κ1) is 16.8. The van der Waals surface area contributed by atoms with Gasteiger partial charge in [-0.15, -0.1) is 0 Å². The smallest absolute Gasteiger partial charge is 0.321 e. The highest BCUT2D eigenvalue weighted by Gasteiger charge is 2.23. The molecule has 1 aromatic rings. The van der Waals surface area contributed by atoms with Gasteiger partial charge in [-0.25, -0.2) is 4.79 Å². The molecular formula is C13H18Cl2N3O2+. The fourth-order valence-corrected chi connectivity index (χ4v) is 2.10. The van der Waals surface area contributed by atoms with Crippen molar-refractivity contribution < 1.29 is 14.5 Å². The number of hydrogen-bond acceptors (Lipinski definition) is 2. The van der Waals surface area contributed by atoms with Crippen LogP contribution in [0.1, 0.15) is 12.5 Å². The molecule has 1 unspecified atom stereocenters. The zero-order chi connectivity index (χ0) is 15.3. The van der Waals surface area contributed by atoms with Gasteiger partial charge < -0.3 is 10.2 Å². The predicted molar refractivity (Wildman–Crippen MR) is 79.1 cm³/mol. The number of carbonyl (C=O) groups is 2. The Hall–Kier alpha value is -1.30. The molecule has 0 aliphatic rings. The summed E-state index contributed by atoms with van der Waals surface area (Å²) < 4.78 is 0. The second kappa shape index (κ2) is 7.47. The quantitative estimate of drug-likeness (QED) is 0.771. The maximum absolute atomic E-state index is 11.8. The highest BCUT2D eigenvalue weighted by Crippen LogP contribution is 2.20. The van der Waals surface area contributed by atoms with Crippen LogP contribution in [0.3, 0.4) is 0 Å². The number of carbonyl (C=O) groups excluding carboxylic acids is 2. The van der Waals surface area contributed by atoms with Gasteiger partial charge in [0.05, 0.1) is 12.1 Å². The second-order valence-electron chi connectivity index (χ2n) is 4.55. The first-order chi connectivity index (χ1) is 9.35. The van der Waals surface area contributed by atoms with Crippen molar-refractivity contribution in [3.8, 4) is 0 Å². The number of imide groups is 1. The highest BCUT2D eigenvalue weighted by atomic mass is 35.5. The molecule has 0 heterocycles. The maximum atomic E-state index is 11.8. The standard InChI is InChI=1S/C13H17Cl2N3O2/c1-8(12(19)17-13(20)16-2)18(3)7-9-4-5-10(14)6-11(9)15/h4-6,8H,7H2,1-3H3,(H2,16,17,19,20)/p+1/t8-/m1/s1. The van der Waals surface area contributed by atoms with Crippen molar-refractivity contribution in [1.29, 1.82) is 0 Å². The SMILES string of the molecule is CNC(=O)NC(=O)[C@@H](C)[NH+](C)Cc1ccc(Cl)cc1Cl. The molecule has 1 rings (SSSR count). The van der Waals surface area contributed by atoms with E-state index in [0.717, 1.165) is 10.5 Å². The Kier molecular flexibility index (Phi) is 6.26. The van der Waals surface area contributed by atoms with Gasteiger partial charge in [-0.1, -0.05) is 29.3 Å². The van der Waals surface area contributed by atoms with E-state index < -0.39 is 6.03 Å². The lowest BCUT2D eigenvalue weighted by Crippen LogP contribution is -3.12. The molecule has 20 heavy (non-hydrogen) atoms. The van der Waals surface area contributed by atoms with Crippen LogP contribution < -0.4 is 15.5 Å². The molecule has 110 valence electrons. The topological polar surface area (TPSA) is 62.6 Å². The van der Waals surface area contributed by atoms with Crippen LogP contribution in [-0.4, -0.2) is 32.1 Å². The van der Waals surface area contributed by atoms with Gasteiger partial charge in [-0.2, -0.15) is 0 Å². The van der Waals surface area contributed by atoms with Crippen molar-refractivity contribution in [3.05, 3.63) is 33.8 Å². The third-order valence-electron chi connectivity index (χ3n) is 3.08. The van der Waals surface area contributed by atoms with E-state index in [0.29, 0.717) is 16.6 Å². The monoisotopic (exact) mass is 318 g/mol. The number of rotatable bonds is 4. The van der Waals surface area contributed by atoms with E-state index in [2.05, 4.69) is 10.6 Å². The molecule has 0 radical (unpaired) electrons. The van der Waals surface area contributed by atoms with Crippen molar-refractivity contribution in [2.75, 3.05) is 14.1 Å². The summed E-state index contributed by atoms with van der Waals surface area (Å²) in [6.07, 6.45) is 0. The summed E-state index contributed by atoms with van der Waals surface area (Å²) in [6, 6.07) is 4.35. The van der Waals surface area contributed by atoms with Crippen LogP contribution in [0.25, 0.3) is 0 Å². The lowest BCUT2D eigenvalue weighted by molar-refractivity contribution is -0.908. The summed E-state index contributed by atoms with van der Waals surface area (Å²) in [6.45, 7) is 2.30. The molecule has 0 fully saturated rings. The molecule has 7 heteroatoms. The summed E-state index contributed by atoms with van der Waals surface area (Å²) in [5, 5.41) is 5.73. The summed E-state index contributed by atoms with van der Waals surface area (Å²) in [4.78, 5) is 23.9. The number of urea groups is 1. The van der Waals surface area contributed by atoms with Crippen LogP contribution in [-0.2, 0) is 11.3 Å². The van der Waals surface area contributed by atoms with E-state index in [9.17, 15) is 9.59 Å². The molecular weight excluding hydrogens is 301 g/mol. The van der Waals surface area contributed by atoms with Gasteiger partial charge in [-0.05, 0) is 19.1 Å². The lowest BCUT2D eigenvalue weighted by Gasteiger charge is -2.21. The minimum Gasteiger partial charge on any atom is -0.341 e. The fourth-order valence-electron chi connectivity index (χ4n) is 1.62. The molecule has 0 spiro atoms. The van der Waals surface area contributed by atoms with Crippen molar-refractivity contribution in [2.24, 2.45) is 0 Å². The maximum Gasteiger partial charge on any atom is 0.321 e. The van der Waals surface area contributed by atoms with Gasteiger partial charge in [0.15, 0.2) is 6.04 Å². The molecule has 0 saturated heterocycles. The second-order valence-corrected chi connectivity index (χ2v) is 5.39. The van der Waals surface area contributed by atoms with Crippen LogP contribution in [0.15, 0.2) is 18.2 Å². The molecule has 3 amide bonds. The third-order valence-corrected chi connectivity index (χ3v) is 3.67. The lowest BCUT2D eigenvalue weighted by atomic mass is 10.2. The van der Waals surface area contributed by atoms with E-state index in [4.69, 9.17) is 23.2 Å². The van der Waals surface area contributed by atoms with Gasteiger partial charge in [-0.3, -0.25) is 10.1 Å². The molecule has 0 saturated carbocycles. The fraction of sp³-hybridized carbons (Fsp3) is 0.385. The molecule has 3 N–H and O–H groups in total. The molecule has 0 bridgehead atoms. The molecule has 0 aromatic heterocycles. The summed E-state index contributed by atoms with van der Waals surface area (Å²) in [7, 11) is 3.32. The Morgan fingerprint density at radius 2 is 2.00 bits per heavy atom. The molecule has 2 atom stereocenters. The molecule has 1 aromatic carbocycles. The Labute approximate surface area is 128 Å². The van der Waals surface area contributed by atoms with Crippen molar-refractivity contribution in [3.63, 3.8) is 0 Å². The zero-order valence-corrected chi connectivity index (χ0v) is 13.1. The van der Waals surface area contributed by atoms with Crippen LogP contribution in [0, 0.1) is 0 Å². The molecule has 0 aliphatic heterocycles. The average molecular weight is 319 g/mol. The Balaban J connectivity index is 2.67. The van der Waals surface area contributed by atoms with Crippen molar-refractivity contribution in [2.45, 2.75) is 19.5 Å². The van der Waals surface area contributed by atoms with Gasteiger partial charge in [0.2, 0.25) is 0 Å². The van der Waals surface area contributed by atoms with E-state index >= 15 is 0 Å². The van der Waals surface area contributed by atoms with Gasteiger partial charge >= 0.3 is 6.03 Å². The van der Waals surface area contributed by atoms with Crippen LogP contribution in [0.4, 0.5) is 4.79 Å². The Morgan fingerprint density at radius 3 is 2.55 bits per heavy atom. The predicted octanol–water partition coefficient (Wildman–Crippen LogP) is 0.852. The number of benzene rings is 1. The van der Waals surface area contributed by atoms with Gasteiger partial charge in [0.1, 0.15) is 6.54 Å². The number of amides is 3. The molecule has 0 aliphatic carbocycles. The number of likely N-dealkylation sites (N-methyl/N-ethyl adjacent to an activating group) is 1. The minimum atomic E-state index is -0.515. The number of halogens is 2. The Morgan fingerprint density at radius 1 is 1.35 bits per heavy atom. The first-order valence-corrected chi connectivity index (χ1v) is 6.89. The highest BCUT2D eigenvalue weighted by molar-refractivity contribution is 6.35. The zero-order valence-electron chi connectivity index (χ0n) is 11.6.